The number of carbonyl (C=O) groups excluding carboxylic acids is 1. The van der Waals surface area contributed by atoms with Crippen molar-refractivity contribution in [2.24, 2.45) is 0 Å². The van der Waals surface area contributed by atoms with Crippen molar-refractivity contribution in [1.82, 2.24) is 15.5 Å². The van der Waals surface area contributed by atoms with Crippen molar-refractivity contribution >= 4 is 12.0 Å². The largest absolute Gasteiger partial charge is 0.480 e. The fourth-order valence-electron chi connectivity index (χ4n) is 1.28. The summed E-state index contributed by atoms with van der Waals surface area (Å²) in [4.78, 5) is 22.1. The van der Waals surface area contributed by atoms with E-state index >= 15 is 0 Å². The number of carboxylic acid groups (broad SMARTS) is 1. The quantitative estimate of drug-likeness (QED) is 0.572. The van der Waals surface area contributed by atoms with Gasteiger partial charge in [-0.3, -0.25) is 4.79 Å². The average Bonchev–Trinajstić information content (AvgIpc) is 2.25. The molecule has 2 amide bonds. The van der Waals surface area contributed by atoms with Crippen molar-refractivity contribution in [1.29, 1.82) is 0 Å². The molecule has 0 aromatic heterocycles. The van der Waals surface area contributed by atoms with Gasteiger partial charge in [-0.15, -0.1) is 0 Å². The zero-order valence-electron chi connectivity index (χ0n) is 10.6. The minimum atomic E-state index is -4.63. The molecule has 0 spiro atoms. The highest BCUT2D eigenvalue weighted by atomic mass is 19.4. The highest BCUT2D eigenvalue weighted by Gasteiger charge is 2.33. The molecule has 6 nitrogen and oxygen atoms in total. The zero-order valence-corrected chi connectivity index (χ0v) is 10.6. The molecular weight excluding hydrogens is 267 g/mol. The smallest absolute Gasteiger partial charge is 0.406 e. The van der Waals surface area contributed by atoms with Gasteiger partial charge < -0.3 is 20.6 Å². The van der Waals surface area contributed by atoms with Gasteiger partial charge in [-0.25, -0.2) is 4.79 Å². The second-order valence-electron chi connectivity index (χ2n) is 3.80. The molecule has 0 aromatic carbocycles. The summed E-state index contributed by atoms with van der Waals surface area (Å²) in [6, 6.07) is -1.03. The zero-order chi connectivity index (χ0) is 14.9. The summed E-state index contributed by atoms with van der Waals surface area (Å²) in [7, 11) is 0. The Bertz CT molecular complexity index is 297. The van der Waals surface area contributed by atoms with Gasteiger partial charge in [0.15, 0.2) is 0 Å². The molecule has 0 bridgehead atoms. The van der Waals surface area contributed by atoms with E-state index in [9.17, 15) is 22.8 Å². The summed E-state index contributed by atoms with van der Waals surface area (Å²) in [6.45, 7) is 0.884. The van der Waals surface area contributed by atoms with Crippen molar-refractivity contribution in [3.05, 3.63) is 0 Å². The fraction of sp³-hybridized carbons (Fsp3) is 0.800. The first-order valence-corrected chi connectivity index (χ1v) is 5.78. The number of nitrogens with one attached hydrogen (secondary N) is 2. The molecule has 0 aromatic rings. The summed E-state index contributed by atoms with van der Waals surface area (Å²) in [5.74, 6) is -1.49. The Labute approximate surface area is 108 Å². The Morgan fingerprint density at radius 2 is 1.89 bits per heavy atom. The van der Waals surface area contributed by atoms with E-state index in [0.717, 1.165) is 6.54 Å². The Morgan fingerprint density at radius 3 is 2.37 bits per heavy atom. The lowest BCUT2D eigenvalue weighted by atomic mass is 10.4. The molecule has 0 saturated heterocycles. The summed E-state index contributed by atoms with van der Waals surface area (Å²) >= 11 is 0. The molecule has 0 saturated carbocycles. The highest BCUT2D eigenvalue weighted by molar-refractivity contribution is 5.80. The Kier molecular flexibility index (Phi) is 7.89. The van der Waals surface area contributed by atoms with Gasteiger partial charge in [-0.1, -0.05) is 6.92 Å². The van der Waals surface area contributed by atoms with Gasteiger partial charge >= 0.3 is 18.2 Å². The van der Waals surface area contributed by atoms with Gasteiger partial charge in [0, 0.05) is 6.54 Å². The molecule has 0 unspecified atom stereocenters. The summed E-state index contributed by atoms with van der Waals surface area (Å²) in [6.07, 6.45) is -4.08. The summed E-state index contributed by atoms with van der Waals surface area (Å²) in [5, 5.41) is 13.7. The number of alkyl halides is 3. The molecule has 0 atom stereocenters. The molecule has 0 radical (unpaired) electrons. The van der Waals surface area contributed by atoms with Crippen LogP contribution in [0.15, 0.2) is 0 Å². The average molecular weight is 285 g/mol. The third-order valence-corrected chi connectivity index (χ3v) is 2.04. The van der Waals surface area contributed by atoms with Crippen molar-refractivity contribution in [2.75, 3.05) is 32.7 Å². The normalized spacial score (nSPS) is 11.2. The van der Waals surface area contributed by atoms with Crippen LogP contribution in [-0.4, -0.2) is 60.9 Å². The number of rotatable bonds is 8. The molecule has 0 heterocycles. The molecule has 112 valence electrons. The van der Waals surface area contributed by atoms with Crippen LogP contribution < -0.4 is 10.6 Å². The first-order valence-electron chi connectivity index (χ1n) is 5.78. The Balaban J connectivity index is 4.19. The second kappa shape index (κ2) is 8.57. The van der Waals surface area contributed by atoms with Crippen molar-refractivity contribution in [2.45, 2.75) is 19.5 Å². The van der Waals surface area contributed by atoms with Gasteiger partial charge in [0.05, 0.1) is 0 Å². The van der Waals surface area contributed by atoms with E-state index in [1.54, 1.807) is 0 Å². The lowest BCUT2D eigenvalue weighted by Crippen LogP contribution is -2.47. The van der Waals surface area contributed by atoms with Crippen LogP contribution in [-0.2, 0) is 4.79 Å². The van der Waals surface area contributed by atoms with Crippen LogP contribution in [0.2, 0.25) is 0 Å². The maximum absolute atomic E-state index is 12.2. The van der Waals surface area contributed by atoms with Crippen LogP contribution >= 0.6 is 0 Å². The molecule has 9 heteroatoms. The molecule has 0 rings (SSSR count). The predicted molar refractivity (Wildman–Crippen MR) is 61.8 cm³/mol. The van der Waals surface area contributed by atoms with Crippen LogP contribution in [0.4, 0.5) is 18.0 Å². The Hall–Kier alpha value is -1.51. The van der Waals surface area contributed by atoms with Crippen LogP contribution in [0, 0.1) is 0 Å². The van der Waals surface area contributed by atoms with Crippen LogP contribution in [0.25, 0.3) is 0 Å². The van der Waals surface area contributed by atoms with Crippen molar-refractivity contribution in [3.8, 4) is 0 Å². The topological polar surface area (TPSA) is 81.7 Å². The van der Waals surface area contributed by atoms with Crippen LogP contribution in [0.5, 0.6) is 0 Å². The lowest BCUT2D eigenvalue weighted by Gasteiger charge is -2.22. The number of carboxylic acids is 1. The van der Waals surface area contributed by atoms with E-state index in [2.05, 4.69) is 10.6 Å². The SMILES string of the molecule is CCNCCCNC(=O)N(CC(=O)O)CC(F)(F)F. The lowest BCUT2D eigenvalue weighted by molar-refractivity contribution is -0.148. The van der Waals surface area contributed by atoms with Gasteiger partial charge in [0.2, 0.25) is 0 Å². The van der Waals surface area contributed by atoms with E-state index in [1.165, 1.54) is 0 Å². The van der Waals surface area contributed by atoms with Gasteiger partial charge in [-0.05, 0) is 19.5 Å². The number of amides is 2. The molecule has 0 aliphatic rings. The second-order valence-corrected chi connectivity index (χ2v) is 3.80. The molecule has 0 aliphatic heterocycles. The van der Waals surface area contributed by atoms with E-state index in [1.807, 2.05) is 6.92 Å². The third kappa shape index (κ3) is 10.1. The van der Waals surface area contributed by atoms with E-state index in [4.69, 9.17) is 5.11 Å². The minimum Gasteiger partial charge on any atom is -0.480 e. The maximum Gasteiger partial charge on any atom is 0.406 e. The molecule has 0 fully saturated rings. The first-order chi connectivity index (χ1) is 8.76. The van der Waals surface area contributed by atoms with Crippen LogP contribution in [0.1, 0.15) is 13.3 Å². The van der Waals surface area contributed by atoms with Gasteiger partial charge in [-0.2, -0.15) is 13.2 Å². The summed E-state index contributed by atoms with van der Waals surface area (Å²) < 4.78 is 36.5. The van der Waals surface area contributed by atoms with Crippen molar-refractivity contribution in [3.63, 3.8) is 0 Å². The third-order valence-electron chi connectivity index (χ3n) is 2.04. The molecular formula is C10H18F3N3O3. The van der Waals surface area contributed by atoms with Crippen molar-refractivity contribution < 1.29 is 27.9 Å². The number of halogens is 3. The van der Waals surface area contributed by atoms with E-state index < -0.39 is 31.3 Å². The molecule has 3 N–H and O–H groups in total. The number of aliphatic carboxylic acids is 1. The number of carbonyl (C=O) groups is 2. The predicted octanol–water partition coefficient (Wildman–Crippen LogP) is 0.645. The monoisotopic (exact) mass is 285 g/mol. The summed E-state index contributed by atoms with van der Waals surface area (Å²) in [5.41, 5.74) is 0. The maximum atomic E-state index is 12.2. The number of hydrogen-bond donors (Lipinski definition) is 3. The number of nitrogens with zero attached hydrogens (tertiary/aromatic N) is 1. The number of urea groups is 1. The van der Waals surface area contributed by atoms with E-state index in [0.29, 0.717) is 13.0 Å². The van der Waals surface area contributed by atoms with Gasteiger partial charge in [0.25, 0.3) is 0 Å². The molecule has 19 heavy (non-hydrogen) atoms. The van der Waals surface area contributed by atoms with Gasteiger partial charge in [0.1, 0.15) is 13.1 Å². The van der Waals surface area contributed by atoms with Crippen LogP contribution in [0.3, 0.4) is 0 Å². The minimum absolute atomic E-state index is 0.180. The first kappa shape index (κ1) is 17.5. The van der Waals surface area contributed by atoms with E-state index in [-0.39, 0.29) is 11.4 Å². The molecule has 0 aliphatic carbocycles. The fourth-order valence-corrected chi connectivity index (χ4v) is 1.28. The highest BCUT2D eigenvalue weighted by Crippen LogP contribution is 2.16. The standard InChI is InChI=1S/C10H18F3N3O3/c1-2-14-4-3-5-15-9(19)16(6-8(17)18)7-10(11,12)13/h14H,2-7H2,1H3,(H,15,19)(H,17,18). The number of hydrogen-bond acceptors (Lipinski definition) is 3. The Morgan fingerprint density at radius 1 is 1.26 bits per heavy atom.